The first-order valence-corrected chi connectivity index (χ1v) is 10.2. The Morgan fingerprint density at radius 2 is 2.26 bits per heavy atom. The Labute approximate surface area is 163 Å². The standard InChI is InChI=1S/C20H25N5OS/c1-14-11-23-20-17(22-12-15-6-3-4-8-18(15)26-2)10-19(24-25(14)20)27-16-7-5-9-21-13-16/h3-4,6,8,10-11,16,21-22H,5,7,9,12-13H2,1-2H3. The summed E-state index contributed by atoms with van der Waals surface area (Å²) in [6, 6.07) is 10.2. The van der Waals surface area contributed by atoms with Crippen LogP contribution >= 0.6 is 11.8 Å². The molecule has 0 spiro atoms. The Balaban J connectivity index is 1.60. The number of imidazole rings is 1. The van der Waals surface area contributed by atoms with Crippen LogP contribution in [0.3, 0.4) is 0 Å². The summed E-state index contributed by atoms with van der Waals surface area (Å²) in [5.74, 6) is 0.887. The van der Waals surface area contributed by atoms with E-state index in [4.69, 9.17) is 9.84 Å². The first kappa shape index (κ1) is 18.1. The van der Waals surface area contributed by atoms with E-state index in [1.807, 2.05) is 47.6 Å². The van der Waals surface area contributed by atoms with E-state index < -0.39 is 0 Å². The van der Waals surface area contributed by atoms with Crippen LogP contribution in [0.1, 0.15) is 24.1 Å². The Bertz CT molecular complexity index is 920. The lowest BCUT2D eigenvalue weighted by molar-refractivity contribution is 0.410. The number of piperidine rings is 1. The zero-order valence-corrected chi connectivity index (χ0v) is 16.6. The molecule has 4 rings (SSSR count). The zero-order valence-electron chi connectivity index (χ0n) is 15.7. The third kappa shape index (κ3) is 4.04. The minimum Gasteiger partial charge on any atom is -0.496 e. The average Bonchev–Trinajstić information content (AvgIpc) is 3.08. The normalized spacial score (nSPS) is 17.2. The molecule has 27 heavy (non-hydrogen) atoms. The van der Waals surface area contributed by atoms with Gasteiger partial charge in [-0.1, -0.05) is 30.0 Å². The Kier molecular flexibility index (Phi) is 5.50. The molecule has 1 aliphatic rings. The van der Waals surface area contributed by atoms with Crippen LogP contribution in [0.15, 0.2) is 41.6 Å². The molecule has 0 amide bonds. The summed E-state index contributed by atoms with van der Waals surface area (Å²) in [7, 11) is 1.70. The van der Waals surface area contributed by atoms with Gasteiger partial charge < -0.3 is 15.4 Å². The van der Waals surface area contributed by atoms with E-state index in [2.05, 4.69) is 27.8 Å². The molecule has 2 aromatic heterocycles. The van der Waals surface area contributed by atoms with E-state index >= 15 is 0 Å². The number of methoxy groups -OCH3 is 1. The Hall–Kier alpha value is -2.25. The maximum atomic E-state index is 5.47. The van der Waals surface area contributed by atoms with Crippen LogP contribution in [0.5, 0.6) is 5.75 Å². The zero-order chi connectivity index (χ0) is 18.6. The van der Waals surface area contributed by atoms with Crippen LogP contribution in [0.2, 0.25) is 0 Å². The first-order valence-electron chi connectivity index (χ1n) is 9.33. The van der Waals surface area contributed by atoms with Gasteiger partial charge in [-0.2, -0.15) is 5.10 Å². The number of ether oxygens (including phenoxy) is 1. The summed E-state index contributed by atoms with van der Waals surface area (Å²) in [5.41, 5.74) is 4.00. The fraction of sp³-hybridized carbons (Fsp3) is 0.400. The van der Waals surface area contributed by atoms with Gasteiger partial charge in [0.1, 0.15) is 10.8 Å². The molecule has 1 aliphatic heterocycles. The molecule has 1 saturated heterocycles. The minimum atomic E-state index is 0.564. The number of anilines is 1. The van der Waals surface area contributed by atoms with Gasteiger partial charge >= 0.3 is 0 Å². The van der Waals surface area contributed by atoms with Crippen LogP contribution < -0.4 is 15.4 Å². The lowest BCUT2D eigenvalue weighted by atomic mass is 10.2. The molecule has 0 radical (unpaired) electrons. The van der Waals surface area contributed by atoms with Crippen LogP contribution in [0, 0.1) is 6.92 Å². The second-order valence-corrected chi connectivity index (χ2v) is 8.10. The van der Waals surface area contributed by atoms with E-state index in [0.717, 1.165) is 46.5 Å². The predicted molar refractivity (Wildman–Crippen MR) is 110 cm³/mol. The number of hydrogen-bond acceptors (Lipinski definition) is 6. The van der Waals surface area contributed by atoms with E-state index in [9.17, 15) is 0 Å². The largest absolute Gasteiger partial charge is 0.496 e. The fourth-order valence-corrected chi connectivity index (χ4v) is 4.52. The Morgan fingerprint density at radius 3 is 3.07 bits per heavy atom. The van der Waals surface area contributed by atoms with Gasteiger partial charge in [0.2, 0.25) is 0 Å². The maximum absolute atomic E-state index is 5.47. The molecule has 3 aromatic rings. The van der Waals surface area contributed by atoms with Crippen LogP contribution in [-0.2, 0) is 6.54 Å². The van der Waals surface area contributed by atoms with Crippen LogP contribution in [-0.4, -0.2) is 40.0 Å². The van der Waals surface area contributed by atoms with Crippen molar-refractivity contribution in [2.24, 2.45) is 0 Å². The van der Waals surface area contributed by atoms with Crippen molar-refractivity contribution < 1.29 is 4.74 Å². The molecule has 0 saturated carbocycles. The molecular weight excluding hydrogens is 358 g/mol. The molecule has 6 nitrogen and oxygen atoms in total. The molecule has 3 heterocycles. The van der Waals surface area contributed by atoms with Gasteiger partial charge in [-0.15, -0.1) is 0 Å². The van der Waals surface area contributed by atoms with E-state index in [0.29, 0.717) is 11.8 Å². The summed E-state index contributed by atoms with van der Waals surface area (Å²) >= 11 is 1.85. The van der Waals surface area contributed by atoms with Crippen molar-refractivity contribution in [1.82, 2.24) is 19.9 Å². The number of aryl methyl sites for hydroxylation is 1. The third-order valence-electron chi connectivity index (χ3n) is 4.82. The van der Waals surface area contributed by atoms with E-state index in [1.165, 1.54) is 12.8 Å². The van der Waals surface area contributed by atoms with Gasteiger partial charge in [0.25, 0.3) is 0 Å². The number of nitrogens with zero attached hydrogens (tertiary/aromatic N) is 3. The van der Waals surface area contributed by atoms with Crippen molar-refractivity contribution in [2.75, 3.05) is 25.5 Å². The summed E-state index contributed by atoms with van der Waals surface area (Å²) < 4.78 is 7.40. The predicted octanol–water partition coefficient (Wildman–Crippen LogP) is 3.50. The monoisotopic (exact) mass is 383 g/mol. The topological polar surface area (TPSA) is 63.5 Å². The van der Waals surface area contributed by atoms with Crippen molar-refractivity contribution in [3.63, 3.8) is 0 Å². The molecular formula is C20H25N5OS. The molecule has 1 unspecified atom stereocenters. The van der Waals surface area contributed by atoms with Crippen molar-refractivity contribution in [3.8, 4) is 5.75 Å². The molecule has 0 aliphatic carbocycles. The van der Waals surface area contributed by atoms with Crippen molar-refractivity contribution in [1.29, 1.82) is 0 Å². The summed E-state index contributed by atoms with van der Waals surface area (Å²) in [4.78, 5) is 4.55. The fourth-order valence-electron chi connectivity index (χ4n) is 3.37. The highest BCUT2D eigenvalue weighted by Gasteiger charge is 2.17. The van der Waals surface area contributed by atoms with E-state index in [1.54, 1.807) is 7.11 Å². The number of para-hydroxylation sites is 1. The summed E-state index contributed by atoms with van der Waals surface area (Å²) in [6.45, 7) is 4.87. The number of thioether (sulfide) groups is 1. The number of aromatic nitrogens is 3. The average molecular weight is 384 g/mol. The van der Waals surface area contributed by atoms with Crippen molar-refractivity contribution in [2.45, 2.75) is 36.6 Å². The van der Waals surface area contributed by atoms with Gasteiger partial charge in [0.15, 0.2) is 5.65 Å². The van der Waals surface area contributed by atoms with Gasteiger partial charge in [0.05, 0.1) is 24.7 Å². The number of fused-ring (bicyclic) bond motifs is 1. The highest BCUT2D eigenvalue weighted by atomic mass is 32.2. The number of nitrogens with one attached hydrogen (secondary N) is 2. The smallest absolute Gasteiger partial charge is 0.177 e. The quantitative estimate of drug-likeness (QED) is 0.679. The molecule has 2 N–H and O–H groups in total. The Morgan fingerprint density at radius 1 is 1.37 bits per heavy atom. The highest BCUT2D eigenvalue weighted by Crippen LogP contribution is 2.30. The molecule has 1 atom stereocenters. The van der Waals surface area contributed by atoms with Crippen molar-refractivity contribution in [3.05, 3.63) is 47.8 Å². The summed E-state index contributed by atoms with van der Waals surface area (Å²) in [5, 5.41) is 13.4. The number of rotatable bonds is 6. The van der Waals surface area contributed by atoms with Gasteiger partial charge in [-0.25, -0.2) is 9.50 Å². The SMILES string of the molecule is COc1ccccc1CNc1cc(SC2CCCNC2)nn2c(C)cnc12. The molecule has 1 aromatic carbocycles. The lowest BCUT2D eigenvalue weighted by Gasteiger charge is -2.22. The number of hydrogen-bond donors (Lipinski definition) is 2. The molecule has 7 heteroatoms. The summed E-state index contributed by atoms with van der Waals surface area (Å²) in [6.07, 6.45) is 4.32. The van der Waals surface area contributed by atoms with E-state index in [-0.39, 0.29) is 0 Å². The highest BCUT2D eigenvalue weighted by molar-refractivity contribution is 7.99. The van der Waals surface area contributed by atoms with Gasteiger partial charge in [0, 0.05) is 23.9 Å². The van der Waals surface area contributed by atoms with Gasteiger partial charge in [-0.3, -0.25) is 0 Å². The second kappa shape index (κ2) is 8.19. The van der Waals surface area contributed by atoms with Gasteiger partial charge in [-0.05, 0) is 38.4 Å². The molecule has 142 valence electrons. The maximum Gasteiger partial charge on any atom is 0.177 e. The van der Waals surface area contributed by atoms with Crippen LogP contribution in [0.25, 0.3) is 5.65 Å². The second-order valence-electron chi connectivity index (χ2n) is 6.78. The van der Waals surface area contributed by atoms with Crippen molar-refractivity contribution >= 4 is 23.1 Å². The molecule has 1 fully saturated rings. The third-order valence-corrected chi connectivity index (χ3v) is 5.99. The first-order chi connectivity index (χ1) is 13.2. The van der Waals surface area contributed by atoms with Crippen LogP contribution in [0.4, 0.5) is 5.69 Å². The number of benzene rings is 1. The molecule has 0 bridgehead atoms. The lowest BCUT2D eigenvalue weighted by Crippen LogP contribution is -2.31. The minimum absolute atomic E-state index is 0.564.